The lowest BCUT2D eigenvalue weighted by Gasteiger charge is -2.36. The Kier molecular flexibility index (Phi) is 7.74. The third-order valence-corrected chi connectivity index (χ3v) is 5.21. The molecule has 1 unspecified atom stereocenters. The fourth-order valence-corrected chi connectivity index (χ4v) is 4.20. The molecule has 0 N–H and O–H groups in total. The van der Waals surface area contributed by atoms with Gasteiger partial charge in [-0.2, -0.15) is 0 Å². The van der Waals surface area contributed by atoms with E-state index in [0.29, 0.717) is 0 Å². The van der Waals surface area contributed by atoms with Crippen LogP contribution in [0.1, 0.15) is 19.4 Å². The van der Waals surface area contributed by atoms with E-state index in [0.717, 1.165) is 11.1 Å². The number of benzene rings is 1. The molecule has 0 amide bonds. The summed E-state index contributed by atoms with van der Waals surface area (Å²) in [5, 5.41) is 0. The van der Waals surface area contributed by atoms with Crippen LogP contribution in [0.2, 0.25) is 0 Å². The van der Waals surface area contributed by atoms with Crippen LogP contribution in [-0.2, 0) is 5.41 Å². The Morgan fingerprint density at radius 2 is 1.55 bits per heavy atom. The summed E-state index contributed by atoms with van der Waals surface area (Å²) in [6.45, 7) is 20.0. The largest absolute Gasteiger partial charge is 0.0991 e. The van der Waals surface area contributed by atoms with Gasteiger partial charge in [-0.05, 0) is 47.3 Å². The summed E-state index contributed by atoms with van der Waals surface area (Å²) < 4.78 is 0. The zero-order valence-electron chi connectivity index (χ0n) is 17.6. The first-order chi connectivity index (χ1) is 14.2. The van der Waals surface area contributed by atoms with Gasteiger partial charge in [-0.3, -0.25) is 0 Å². The van der Waals surface area contributed by atoms with Crippen LogP contribution in [0.5, 0.6) is 0 Å². The Labute approximate surface area is 176 Å². The summed E-state index contributed by atoms with van der Waals surface area (Å²) >= 11 is 0. The molecule has 0 heteroatoms. The van der Waals surface area contributed by atoms with E-state index in [2.05, 4.69) is 94.8 Å². The fourth-order valence-electron chi connectivity index (χ4n) is 4.20. The first-order valence-corrected chi connectivity index (χ1v) is 9.85. The molecule has 0 radical (unpaired) electrons. The van der Waals surface area contributed by atoms with E-state index >= 15 is 0 Å². The van der Waals surface area contributed by atoms with E-state index in [1.165, 1.54) is 22.3 Å². The van der Waals surface area contributed by atoms with Gasteiger partial charge in [0.1, 0.15) is 0 Å². The zero-order valence-corrected chi connectivity index (χ0v) is 17.6. The van der Waals surface area contributed by atoms with Gasteiger partial charge in [0, 0.05) is 0 Å². The molecule has 1 aromatic carbocycles. The van der Waals surface area contributed by atoms with Gasteiger partial charge in [0.15, 0.2) is 0 Å². The molecule has 0 nitrogen and oxygen atoms in total. The number of hydrogen-bond acceptors (Lipinski definition) is 0. The van der Waals surface area contributed by atoms with E-state index in [4.69, 9.17) is 0 Å². The average Bonchev–Trinajstić information content (AvgIpc) is 3.04. The maximum Gasteiger partial charge on any atom is 0.0710 e. The molecule has 0 saturated carbocycles. The topological polar surface area (TPSA) is 0 Å². The fraction of sp³-hybridized carbons (Fsp3) is 0.103. The van der Waals surface area contributed by atoms with Crippen LogP contribution < -0.4 is 0 Å². The molecule has 0 fully saturated rings. The van der Waals surface area contributed by atoms with Gasteiger partial charge in [0.25, 0.3) is 0 Å². The molecule has 0 spiro atoms. The smallest absolute Gasteiger partial charge is 0.0710 e. The number of rotatable bonds is 8. The van der Waals surface area contributed by atoms with Crippen molar-refractivity contribution < 1.29 is 0 Å². The minimum atomic E-state index is -0.491. The molecule has 1 atom stereocenters. The second-order valence-electron chi connectivity index (χ2n) is 6.60. The lowest BCUT2D eigenvalue weighted by Crippen LogP contribution is -2.30. The molecule has 1 aliphatic carbocycles. The van der Waals surface area contributed by atoms with Gasteiger partial charge in [0.2, 0.25) is 0 Å². The van der Waals surface area contributed by atoms with Crippen LogP contribution in [-0.4, -0.2) is 0 Å². The molecule has 1 aromatic rings. The highest BCUT2D eigenvalue weighted by Gasteiger charge is 2.48. The standard InChI is InChI=1S/C29H30/c1-7-13-19-23(18-9-3)29(24-20-16-15-17-21-24)27(12-6)25(10-4)26(11-5)28(29)22-14-8-2/h7-22H,1-3,5H2,4,6H3/b19-13-,22-14-,23-18+,25-10-,27-12+. The molecule has 1 aliphatic rings. The molecule has 0 aromatic heterocycles. The van der Waals surface area contributed by atoms with Crippen molar-refractivity contribution in [2.45, 2.75) is 19.3 Å². The van der Waals surface area contributed by atoms with Crippen LogP contribution in [0, 0.1) is 0 Å². The predicted octanol–water partition coefficient (Wildman–Crippen LogP) is 7.91. The second-order valence-corrected chi connectivity index (χ2v) is 6.60. The van der Waals surface area contributed by atoms with Gasteiger partial charge in [-0.25, -0.2) is 0 Å². The highest BCUT2D eigenvalue weighted by atomic mass is 14.5. The maximum atomic E-state index is 4.14. The molecular formula is C29H30. The Hall–Kier alpha value is -3.38. The molecular weight excluding hydrogens is 348 g/mol. The minimum absolute atomic E-state index is 0.491. The third kappa shape index (κ3) is 3.79. The van der Waals surface area contributed by atoms with Gasteiger partial charge in [-0.1, -0.05) is 123 Å². The van der Waals surface area contributed by atoms with Gasteiger partial charge in [-0.15, -0.1) is 0 Å². The summed E-state index contributed by atoms with van der Waals surface area (Å²) in [6, 6.07) is 10.6. The molecule has 0 heterocycles. The van der Waals surface area contributed by atoms with E-state index in [-0.39, 0.29) is 0 Å². The summed E-state index contributed by atoms with van der Waals surface area (Å²) in [4.78, 5) is 0. The Balaban J connectivity index is 3.15. The third-order valence-electron chi connectivity index (χ3n) is 5.21. The van der Waals surface area contributed by atoms with E-state index < -0.39 is 5.41 Å². The molecule has 2 rings (SSSR count). The quantitative estimate of drug-likeness (QED) is 0.403. The van der Waals surface area contributed by atoms with Crippen LogP contribution in [0.4, 0.5) is 0 Å². The van der Waals surface area contributed by atoms with Crippen molar-refractivity contribution in [2.24, 2.45) is 0 Å². The van der Waals surface area contributed by atoms with Crippen LogP contribution in [0.25, 0.3) is 0 Å². The van der Waals surface area contributed by atoms with E-state index in [1.807, 2.05) is 36.4 Å². The molecule has 0 bridgehead atoms. The lowest BCUT2D eigenvalue weighted by atomic mass is 9.65. The van der Waals surface area contributed by atoms with Gasteiger partial charge < -0.3 is 0 Å². The zero-order chi connectivity index (χ0) is 21.3. The summed E-state index contributed by atoms with van der Waals surface area (Å²) in [5.41, 5.74) is 6.53. The van der Waals surface area contributed by atoms with Crippen molar-refractivity contribution in [3.63, 3.8) is 0 Å². The van der Waals surface area contributed by atoms with Crippen molar-refractivity contribution in [3.05, 3.63) is 157 Å². The SMILES string of the molecule is C=C/C=C\C1=C(C=C)C(=C/C)/C(=C\C)C1(C(/C=C\C=C)=C/C=C)c1ccccc1. The molecule has 146 valence electrons. The molecule has 29 heavy (non-hydrogen) atoms. The Bertz CT molecular complexity index is 968. The minimum Gasteiger partial charge on any atom is -0.0991 e. The summed E-state index contributed by atoms with van der Waals surface area (Å²) in [6.07, 6.45) is 22.1. The average molecular weight is 379 g/mol. The van der Waals surface area contributed by atoms with Crippen molar-refractivity contribution in [2.75, 3.05) is 0 Å². The maximum absolute atomic E-state index is 4.14. The van der Waals surface area contributed by atoms with Crippen molar-refractivity contribution in [3.8, 4) is 0 Å². The summed E-state index contributed by atoms with van der Waals surface area (Å²) in [5.74, 6) is 0. The van der Waals surface area contributed by atoms with Crippen molar-refractivity contribution in [1.82, 2.24) is 0 Å². The Morgan fingerprint density at radius 3 is 2.07 bits per heavy atom. The first-order valence-electron chi connectivity index (χ1n) is 9.85. The normalized spacial score (nSPS) is 22.8. The summed E-state index contributed by atoms with van der Waals surface area (Å²) in [7, 11) is 0. The molecule has 0 saturated heterocycles. The Morgan fingerprint density at radius 1 is 0.862 bits per heavy atom. The number of hydrogen-bond donors (Lipinski definition) is 0. The van der Waals surface area contributed by atoms with Crippen molar-refractivity contribution >= 4 is 0 Å². The van der Waals surface area contributed by atoms with Crippen molar-refractivity contribution in [1.29, 1.82) is 0 Å². The van der Waals surface area contributed by atoms with Crippen LogP contribution in [0.15, 0.2) is 151 Å². The van der Waals surface area contributed by atoms with E-state index in [1.54, 1.807) is 6.08 Å². The first kappa shape index (κ1) is 21.9. The monoisotopic (exact) mass is 378 g/mol. The molecule has 0 aliphatic heterocycles. The number of allylic oxidation sites excluding steroid dienone is 16. The lowest BCUT2D eigenvalue weighted by molar-refractivity contribution is 0.755. The van der Waals surface area contributed by atoms with Gasteiger partial charge in [0.05, 0.1) is 5.41 Å². The second kappa shape index (κ2) is 10.2. The van der Waals surface area contributed by atoms with Crippen LogP contribution >= 0.6 is 0 Å². The van der Waals surface area contributed by atoms with E-state index in [9.17, 15) is 0 Å². The highest BCUT2D eigenvalue weighted by Crippen LogP contribution is 2.57. The van der Waals surface area contributed by atoms with Crippen LogP contribution in [0.3, 0.4) is 0 Å². The highest BCUT2D eigenvalue weighted by molar-refractivity contribution is 5.78. The van der Waals surface area contributed by atoms with Gasteiger partial charge >= 0.3 is 0 Å². The predicted molar refractivity (Wildman–Crippen MR) is 130 cm³/mol.